The zero-order valence-corrected chi connectivity index (χ0v) is 27.7. The smallest absolute Gasteiger partial charge is 0.457 e. The van der Waals surface area contributed by atoms with Gasteiger partial charge < -0.3 is 29.2 Å². The fraction of sp³-hybridized carbons (Fsp3) is 0.867. The van der Waals surface area contributed by atoms with Crippen LogP contribution in [0, 0.1) is 0 Å². The number of aliphatic carboxylic acids is 1. The topological polar surface area (TPSA) is 144 Å². The molecule has 2 N–H and O–H groups in total. The number of hydrogen-bond acceptors (Lipinski definition) is 8. The van der Waals surface area contributed by atoms with Crippen molar-refractivity contribution >= 4 is 31.2 Å². The lowest BCUT2D eigenvalue weighted by Gasteiger charge is -2.35. The van der Waals surface area contributed by atoms with Crippen LogP contribution in [0.4, 0.5) is 9.59 Å². The summed E-state index contributed by atoms with van der Waals surface area (Å²) in [6.45, 7) is 18.8. The average molecular weight is 610 g/mol. The maximum absolute atomic E-state index is 13.4. The first-order valence-electron chi connectivity index (χ1n) is 15.5. The van der Waals surface area contributed by atoms with E-state index in [9.17, 15) is 24.3 Å². The zero-order valence-electron chi connectivity index (χ0n) is 27.7. The van der Waals surface area contributed by atoms with Gasteiger partial charge in [0.2, 0.25) is 5.91 Å². The van der Waals surface area contributed by atoms with Crippen LogP contribution in [0.5, 0.6) is 0 Å². The average Bonchev–Trinajstić information content (AvgIpc) is 3.49. The number of likely N-dealkylation sites (tertiary alicyclic amines) is 2. The van der Waals surface area contributed by atoms with Gasteiger partial charge in [0, 0.05) is 25.6 Å². The fourth-order valence-electron chi connectivity index (χ4n) is 5.87. The first kappa shape index (κ1) is 34.9. The maximum Gasteiger partial charge on any atom is 0.457 e. The monoisotopic (exact) mass is 609 g/mol. The molecule has 12 nitrogen and oxygen atoms in total. The van der Waals surface area contributed by atoms with Gasteiger partial charge in [-0.2, -0.15) is 0 Å². The number of carboxylic acids is 1. The molecule has 0 aromatic heterocycles. The molecule has 3 aliphatic rings. The van der Waals surface area contributed by atoms with Gasteiger partial charge in [0.1, 0.15) is 22.8 Å². The van der Waals surface area contributed by atoms with E-state index < -0.39 is 65.3 Å². The van der Waals surface area contributed by atoms with Crippen LogP contribution in [0.1, 0.15) is 108 Å². The summed E-state index contributed by atoms with van der Waals surface area (Å²) in [5.41, 5.74) is -4.02. The summed E-state index contributed by atoms with van der Waals surface area (Å²) in [5.74, 6) is -1.54. The van der Waals surface area contributed by atoms with Crippen LogP contribution in [0.25, 0.3) is 0 Å². The summed E-state index contributed by atoms with van der Waals surface area (Å²) in [6, 6.07) is -1.37. The van der Waals surface area contributed by atoms with E-state index in [2.05, 4.69) is 5.32 Å². The summed E-state index contributed by atoms with van der Waals surface area (Å²) in [5, 5.41) is 13.5. The molecule has 3 atom stereocenters. The van der Waals surface area contributed by atoms with Crippen molar-refractivity contribution in [3.8, 4) is 0 Å². The van der Waals surface area contributed by atoms with Crippen LogP contribution >= 0.6 is 0 Å². The van der Waals surface area contributed by atoms with E-state index in [-0.39, 0.29) is 25.3 Å². The second kappa shape index (κ2) is 12.5. The van der Waals surface area contributed by atoms with E-state index in [4.69, 9.17) is 18.8 Å². The lowest BCUT2D eigenvalue weighted by Crippen LogP contribution is -2.54. The molecule has 3 saturated heterocycles. The molecule has 43 heavy (non-hydrogen) atoms. The molecule has 0 spiro atoms. The molecule has 0 aliphatic carbocycles. The number of nitrogens with one attached hydrogen (secondary N) is 1. The van der Waals surface area contributed by atoms with Gasteiger partial charge in [0.15, 0.2) is 0 Å². The highest BCUT2D eigenvalue weighted by Crippen LogP contribution is 2.40. The molecule has 3 fully saturated rings. The summed E-state index contributed by atoms with van der Waals surface area (Å²) < 4.78 is 23.3. The number of hydrogen-bond donors (Lipinski definition) is 2. The predicted octanol–water partition coefficient (Wildman–Crippen LogP) is 4.60. The van der Waals surface area contributed by atoms with Crippen LogP contribution in [-0.4, -0.2) is 99.2 Å². The molecular formula is C30H52BN3O9. The van der Waals surface area contributed by atoms with Gasteiger partial charge in [0.25, 0.3) is 0 Å². The Hall–Kier alpha value is -2.54. The number of unbranched alkanes of at least 4 members (excludes halogenated alkanes) is 1. The quantitative estimate of drug-likeness (QED) is 0.298. The van der Waals surface area contributed by atoms with Gasteiger partial charge in [-0.05, 0) is 94.8 Å². The molecule has 0 aromatic rings. The van der Waals surface area contributed by atoms with Gasteiger partial charge >= 0.3 is 25.3 Å². The Morgan fingerprint density at radius 2 is 1.49 bits per heavy atom. The Morgan fingerprint density at radius 3 is 2.02 bits per heavy atom. The third-order valence-corrected chi connectivity index (χ3v) is 8.63. The molecule has 244 valence electrons. The van der Waals surface area contributed by atoms with Gasteiger partial charge in [-0.25, -0.2) is 14.4 Å². The fourth-order valence-corrected chi connectivity index (χ4v) is 5.87. The highest BCUT2D eigenvalue weighted by atomic mass is 16.7. The van der Waals surface area contributed by atoms with E-state index in [0.29, 0.717) is 38.5 Å². The third-order valence-electron chi connectivity index (χ3n) is 8.63. The molecule has 0 radical (unpaired) electrons. The van der Waals surface area contributed by atoms with Crippen molar-refractivity contribution in [3.63, 3.8) is 0 Å². The Kier molecular flexibility index (Phi) is 10.1. The van der Waals surface area contributed by atoms with Crippen LogP contribution < -0.4 is 5.32 Å². The van der Waals surface area contributed by atoms with Crippen molar-refractivity contribution in [1.29, 1.82) is 0 Å². The molecule has 3 amide bonds. The second-order valence-corrected chi connectivity index (χ2v) is 15.1. The molecule has 13 heteroatoms. The van der Waals surface area contributed by atoms with Gasteiger partial charge in [0.05, 0.1) is 11.2 Å². The summed E-state index contributed by atoms with van der Waals surface area (Å²) in [7, 11) is -0.400. The molecule has 0 bridgehead atoms. The Labute approximate surface area is 256 Å². The van der Waals surface area contributed by atoms with E-state index in [1.54, 1.807) is 41.5 Å². The molecule has 3 aliphatic heterocycles. The van der Waals surface area contributed by atoms with Crippen molar-refractivity contribution < 1.29 is 43.1 Å². The number of carboxylic acid groups (broad SMARTS) is 1. The number of amides is 3. The largest absolute Gasteiger partial charge is 0.479 e. The number of carbonyl (C=O) groups excluding carboxylic acids is 3. The lowest BCUT2D eigenvalue weighted by molar-refractivity contribution is -0.150. The maximum atomic E-state index is 13.4. The number of ether oxygens (including phenoxy) is 2. The van der Waals surface area contributed by atoms with Crippen LogP contribution in [0.2, 0.25) is 6.32 Å². The standard InChI is InChI=1S/C30H52BN3O9/c1-26(2,3)40-24(38)33-17-13-14-21(33)22(35)32-20-18-30(23(36)37,34(19-20)25(39)41-27(4,5)6)15-11-12-16-31-42-28(7,8)29(9,10)43-31/h20-21H,11-19H2,1-10H3,(H,32,35)(H,36,37)/t20-,21?,30-/m1/s1. The molecule has 3 heterocycles. The summed E-state index contributed by atoms with van der Waals surface area (Å²) >= 11 is 0. The van der Waals surface area contributed by atoms with Crippen LogP contribution in [0.3, 0.4) is 0 Å². The van der Waals surface area contributed by atoms with Crippen molar-refractivity contribution in [2.45, 2.75) is 154 Å². The second-order valence-electron chi connectivity index (χ2n) is 15.1. The highest BCUT2D eigenvalue weighted by molar-refractivity contribution is 6.45. The van der Waals surface area contributed by atoms with E-state index in [1.165, 1.54) is 9.80 Å². The van der Waals surface area contributed by atoms with E-state index in [1.807, 2.05) is 27.7 Å². The first-order valence-corrected chi connectivity index (χ1v) is 15.5. The normalized spacial score (nSPS) is 26.9. The van der Waals surface area contributed by atoms with E-state index >= 15 is 0 Å². The number of carbonyl (C=O) groups is 4. The molecule has 0 aromatic carbocycles. The predicted molar refractivity (Wildman–Crippen MR) is 161 cm³/mol. The van der Waals surface area contributed by atoms with Crippen LogP contribution in [0.15, 0.2) is 0 Å². The van der Waals surface area contributed by atoms with Gasteiger partial charge in [-0.1, -0.05) is 12.8 Å². The lowest BCUT2D eigenvalue weighted by atomic mass is 9.80. The molecule has 1 unspecified atom stereocenters. The van der Waals surface area contributed by atoms with Crippen molar-refractivity contribution in [1.82, 2.24) is 15.1 Å². The minimum atomic E-state index is -1.57. The Morgan fingerprint density at radius 1 is 0.930 bits per heavy atom. The summed E-state index contributed by atoms with van der Waals surface area (Å²) in [6.07, 6.45) is 1.69. The van der Waals surface area contributed by atoms with Crippen molar-refractivity contribution in [2.24, 2.45) is 0 Å². The molecule has 0 saturated carbocycles. The van der Waals surface area contributed by atoms with Gasteiger partial charge in [-0.15, -0.1) is 0 Å². The van der Waals surface area contributed by atoms with Crippen LogP contribution in [-0.2, 0) is 28.4 Å². The van der Waals surface area contributed by atoms with Crippen molar-refractivity contribution in [2.75, 3.05) is 13.1 Å². The third kappa shape index (κ3) is 8.35. The highest BCUT2D eigenvalue weighted by Gasteiger charge is 2.55. The Bertz CT molecular complexity index is 1050. The number of nitrogens with zero attached hydrogens (tertiary/aromatic N) is 2. The molecular weight excluding hydrogens is 557 g/mol. The summed E-state index contributed by atoms with van der Waals surface area (Å²) in [4.78, 5) is 55.1. The first-order chi connectivity index (χ1) is 19.6. The minimum absolute atomic E-state index is 0.0168. The van der Waals surface area contributed by atoms with Crippen molar-refractivity contribution in [3.05, 3.63) is 0 Å². The minimum Gasteiger partial charge on any atom is -0.479 e. The molecule has 3 rings (SSSR count). The zero-order chi connectivity index (χ0) is 32.6. The van der Waals surface area contributed by atoms with E-state index in [0.717, 1.165) is 0 Å². The number of rotatable bonds is 8. The van der Waals surface area contributed by atoms with Gasteiger partial charge in [-0.3, -0.25) is 14.6 Å². The SMILES string of the molecule is CC(C)(C)OC(=O)N1CCCC1C(=O)N[C@H]1CN(C(=O)OC(C)(C)C)[C@@](CCCCB2OC(C)(C)C(C)(C)O2)(C(=O)O)C1. The Balaban J connectivity index is 1.72.